The number of nitrogens with zero attached hydrogens (tertiary/aromatic N) is 3. The third kappa shape index (κ3) is 3.62. The number of carbonyl (C=O) groups is 1. The van der Waals surface area contributed by atoms with Gasteiger partial charge in [-0.25, -0.2) is 13.1 Å². The van der Waals surface area contributed by atoms with Crippen LogP contribution in [0.2, 0.25) is 0 Å². The summed E-state index contributed by atoms with van der Waals surface area (Å²) in [5, 5.41) is 4.13. The second kappa shape index (κ2) is 7.06. The molecule has 9 heteroatoms. The lowest BCUT2D eigenvalue weighted by atomic mass is 10.1. The fourth-order valence-electron chi connectivity index (χ4n) is 3.62. The van der Waals surface area contributed by atoms with E-state index in [-0.39, 0.29) is 22.9 Å². The number of nitrogens with one attached hydrogen (secondary N) is 1. The molecular formula is C18H22N4O4S. The van der Waals surface area contributed by atoms with E-state index in [1.54, 1.807) is 27.9 Å². The minimum atomic E-state index is -3.69. The van der Waals surface area contributed by atoms with Crippen LogP contribution in [-0.4, -0.2) is 43.3 Å². The first kappa shape index (κ1) is 18.1. The van der Waals surface area contributed by atoms with Crippen molar-refractivity contribution in [1.29, 1.82) is 0 Å². The van der Waals surface area contributed by atoms with Crippen LogP contribution >= 0.6 is 0 Å². The molecule has 144 valence electrons. The van der Waals surface area contributed by atoms with Crippen molar-refractivity contribution < 1.29 is 17.9 Å². The van der Waals surface area contributed by atoms with Gasteiger partial charge in [0.15, 0.2) is 0 Å². The number of carbonyl (C=O) groups excluding carboxylic acids is 1. The number of hydrogen-bond donors (Lipinski definition) is 1. The summed E-state index contributed by atoms with van der Waals surface area (Å²) in [7, 11) is -1.88. The zero-order chi connectivity index (χ0) is 19.0. The van der Waals surface area contributed by atoms with Gasteiger partial charge in [0.25, 0.3) is 0 Å². The Balaban J connectivity index is 1.50. The number of rotatable bonds is 5. The fourth-order valence-corrected chi connectivity index (χ4v) is 4.89. The molecule has 4 rings (SSSR count). The lowest BCUT2D eigenvalue weighted by Crippen LogP contribution is -2.36. The van der Waals surface area contributed by atoms with E-state index in [9.17, 15) is 13.2 Å². The molecule has 2 saturated heterocycles. The van der Waals surface area contributed by atoms with Gasteiger partial charge >= 0.3 is 0 Å². The molecule has 2 aliphatic rings. The predicted octanol–water partition coefficient (Wildman–Crippen LogP) is 1.36. The summed E-state index contributed by atoms with van der Waals surface area (Å²) in [6, 6.07) is 6.10. The van der Waals surface area contributed by atoms with Gasteiger partial charge in [-0.05, 0) is 37.1 Å². The van der Waals surface area contributed by atoms with Crippen molar-refractivity contribution in [2.45, 2.75) is 36.3 Å². The molecule has 0 bridgehead atoms. The number of anilines is 1. The summed E-state index contributed by atoms with van der Waals surface area (Å²) in [6.07, 6.45) is 5.14. The summed E-state index contributed by atoms with van der Waals surface area (Å²) < 4.78 is 35.7. The third-order valence-corrected chi connectivity index (χ3v) is 6.49. The van der Waals surface area contributed by atoms with Crippen LogP contribution in [0.5, 0.6) is 0 Å². The summed E-state index contributed by atoms with van der Waals surface area (Å²) >= 11 is 0. The molecule has 0 saturated carbocycles. The maximum absolute atomic E-state index is 12.8. The smallest absolute Gasteiger partial charge is 0.240 e. The first-order valence-electron chi connectivity index (χ1n) is 8.97. The summed E-state index contributed by atoms with van der Waals surface area (Å²) in [6.45, 7) is 1.16. The Morgan fingerprint density at radius 3 is 2.67 bits per heavy atom. The minimum Gasteiger partial charge on any atom is -0.372 e. The Morgan fingerprint density at radius 2 is 2.04 bits per heavy atom. The van der Waals surface area contributed by atoms with Crippen LogP contribution in [0.4, 0.5) is 5.69 Å². The van der Waals surface area contributed by atoms with Crippen molar-refractivity contribution in [2.24, 2.45) is 7.05 Å². The normalized spacial score (nSPS) is 23.3. The standard InChI is InChI=1S/C18H22N4O4S/c1-21-12-13(11-19-21)18-16(8-10-26-18)20-27(24,25)15-6-4-14(5-7-15)22-9-2-3-17(22)23/h4-7,11-12,16,18,20H,2-3,8-10H2,1H3/t16-,18+/m0/s1. The molecule has 1 aromatic carbocycles. The first-order valence-corrected chi connectivity index (χ1v) is 10.5. The van der Waals surface area contributed by atoms with E-state index in [2.05, 4.69) is 9.82 Å². The third-order valence-electron chi connectivity index (χ3n) is 4.98. The van der Waals surface area contributed by atoms with Crippen molar-refractivity contribution in [2.75, 3.05) is 18.1 Å². The Bertz CT molecular complexity index is 939. The topological polar surface area (TPSA) is 93.5 Å². The second-order valence-electron chi connectivity index (χ2n) is 6.90. The van der Waals surface area contributed by atoms with Crippen LogP contribution in [0, 0.1) is 0 Å². The predicted molar refractivity (Wildman–Crippen MR) is 98.7 cm³/mol. The van der Waals surface area contributed by atoms with Crippen molar-refractivity contribution in [1.82, 2.24) is 14.5 Å². The molecule has 1 amide bonds. The number of sulfonamides is 1. The van der Waals surface area contributed by atoms with Crippen LogP contribution in [0.3, 0.4) is 0 Å². The van der Waals surface area contributed by atoms with E-state index < -0.39 is 10.0 Å². The van der Waals surface area contributed by atoms with Gasteiger partial charge in [0.05, 0.1) is 17.1 Å². The number of ether oxygens (including phenoxy) is 1. The number of aryl methyl sites for hydroxylation is 1. The first-order chi connectivity index (χ1) is 12.9. The van der Waals surface area contributed by atoms with Crippen molar-refractivity contribution in [3.63, 3.8) is 0 Å². The van der Waals surface area contributed by atoms with E-state index in [0.29, 0.717) is 26.0 Å². The zero-order valence-electron chi connectivity index (χ0n) is 15.0. The van der Waals surface area contributed by atoms with E-state index in [1.165, 1.54) is 12.1 Å². The van der Waals surface area contributed by atoms with Crippen LogP contribution in [-0.2, 0) is 26.6 Å². The SMILES string of the molecule is Cn1cc([C@H]2OCC[C@@H]2NS(=O)(=O)c2ccc(N3CCCC3=O)cc2)cn1. The van der Waals surface area contributed by atoms with Gasteiger partial charge in [-0.15, -0.1) is 0 Å². The molecule has 2 fully saturated rings. The average Bonchev–Trinajstić information content (AvgIpc) is 3.36. The average molecular weight is 390 g/mol. The maximum Gasteiger partial charge on any atom is 0.240 e. The van der Waals surface area contributed by atoms with Crippen molar-refractivity contribution in [3.05, 3.63) is 42.2 Å². The molecule has 1 N–H and O–H groups in total. The summed E-state index contributed by atoms with van der Waals surface area (Å²) in [5.41, 5.74) is 1.58. The van der Waals surface area contributed by atoms with Crippen molar-refractivity contribution in [3.8, 4) is 0 Å². The number of hydrogen-bond acceptors (Lipinski definition) is 5. The van der Waals surface area contributed by atoms with Gasteiger partial charge in [-0.3, -0.25) is 9.48 Å². The van der Waals surface area contributed by atoms with E-state index >= 15 is 0 Å². The number of amides is 1. The zero-order valence-corrected chi connectivity index (χ0v) is 15.9. The highest BCUT2D eigenvalue weighted by molar-refractivity contribution is 7.89. The Kier molecular flexibility index (Phi) is 4.75. The molecular weight excluding hydrogens is 368 g/mol. The van der Waals surface area contributed by atoms with Gasteiger partial charge < -0.3 is 9.64 Å². The quantitative estimate of drug-likeness (QED) is 0.832. The lowest BCUT2D eigenvalue weighted by Gasteiger charge is -2.19. The van der Waals surface area contributed by atoms with Gasteiger partial charge in [-0.2, -0.15) is 5.10 Å². The maximum atomic E-state index is 12.8. The fraction of sp³-hybridized carbons (Fsp3) is 0.444. The van der Waals surface area contributed by atoms with E-state index in [1.807, 2.05) is 13.2 Å². The molecule has 0 radical (unpaired) electrons. The second-order valence-corrected chi connectivity index (χ2v) is 8.61. The highest BCUT2D eigenvalue weighted by Crippen LogP contribution is 2.30. The summed E-state index contributed by atoms with van der Waals surface area (Å²) in [5.74, 6) is 0.0751. The van der Waals surface area contributed by atoms with E-state index in [0.717, 1.165) is 17.7 Å². The monoisotopic (exact) mass is 390 g/mol. The van der Waals surface area contributed by atoms with Gasteiger partial charge in [0, 0.05) is 44.1 Å². The molecule has 27 heavy (non-hydrogen) atoms. The van der Waals surface area contributed by atoms with Gasteiger partial charge in [0.1, 0.15) is 6.10 Å². The molecule has 2 aliphatic heterocycles. The minimum absolute atomic E-state index is 0.0751. The highest BCUT2D eigenvalue weighted by atomic mass is 32.2. The molecule has 0 unspecified atom stereocenters. The van der Waals surface area contributed by atoms with Gasteiger partial charge in [-0.1, -0.05) is 0 Å². The van der Waals surface area contributed by atoms with Crippen LogP contribution in [0.1, 0.15) is 30.9 Å². The van der Waals surface area contributed by atoms with Gasteiger partial charge in [0.2, 0.25) is 15.9 Å². The lowest BCUT2D eigenvalue weighted by molar-refractivity contribution is -0.117. The summed E-state index contributed by atoms with van der Waals surface area (Å²) in [4.78, 5) is 13.7. The Hall–Kier alpha value is -2.23. The van der Waals surface area contributed by atoms with Crippen molar-refractivity contribution >= 4 is 21.6 Å². The van der Waals surface area contributed by atoms with E-state index in [4.69, 9.17) is 4.74 Å². The largest absolute Gasteiger partial charge is 0.372 e. The Labute approximate surface area is 158 Å². The molecule has 3 heterocycles. The molecule has 8 nitrogen and oxygen atoms in total. The van der Waals surface area contributed by atoms with Crippen LogP contribution < -0.4 is 9.62 Å². The molecule has 2 aromatic rings. The highest BCUT2D eigenvalue weighted by Gasteiger charge is 2.34. The van der Waals surface area contributed by atoms with Crippen LogP contribution in [0.15, 0.2) is 41.6 Å². The molecule has 1 aromatic heterocycles. The molecule has 0 aliphatic carbocycles. The molecule has 0 spiro atoms. The molecule has 2 atom stereocenters. The van der Waals surface area contributed by atoms with Crippen LogP contribution in [0.25, 0.3) is 0 Å². The number of benzene rings is 1. The Morgan fingerprint density at radius 1 is 1.26 bits per heavy atom. The number of aromatic nitrogens is 2.